The van der Waals surface area contributed by atoms with Crippen molar-refractivity contribution in [2.24, 2.45) is 12.5 Å². The van der Waals surface area contributed by atoms with Crippen LogP contribution in [0.4, 0.5) is 22.1 Å². The topological polar surface area (TPSA) is 120 Å². The van der Waals surface area contributed by atoms with Gasteiger partial charge in [0.25, 0.3) is 5.56 Å². The van der Waals surface area contributed by atoms with Crippen molar-refractivity contribution in [2.75, 3.05) is 36.0 Å². The number of hydrogen-bond acceptors (Lipinski definition) is 9. The Bertz CT molecular complexity index is 2000. The zero-order valence-electron chi connectivity index (χ0n) is 29.2. The summed E-state index contributed by atoms with van der Waals surface area (Å²) in [6, 6.07) is 10.2. The summed E-state index contributed by atoms with van der Waals surface area (Å²) in [5.74, 6) is 1.26. The van der Waals surface area contributed by atoms with Crippen molar-refractivity contribution >= 4 is 46.2 Å². The van der Waals surface area contributed by atoms with Crippen LogP contribution in [0.3, 0.4) is 0 Å². The third-order valence-electron chi connectivity index (χ3n) is 10.8. The highest BCUT2D eigenvalue weighted by Crippen LogP contribution is 2.52. The Morgan fingerprint density at radius 2 is 1.86 bits per heavy atom. The number of piperidine rings is 1. The number of aryl methyl sites for hydroxylation is 1. The lowest BCUT2D eigenvalue weighted by atomic mass is 9.72. The fourth-order valence-corrected chi connectivity index (χ4v) is 8.64. The van der Waals surface area contributed by atoms with Crippen molar-refractivity contribution in [2.45, 2.75) is 90.0 Å². The van der Waals surface area contributed by atoms with Crippen molar-refractivity contribution in [3.8, 4) is 0 Å². The molecular weight excluding hydrogens is 656 g/mol. The summed E-state index contributed by atoms with van der Waals surface area (Å²) in [5.41, 5.74) is 4.54. The average molecular weight is 701 g/mol. The number of carbonyl (C=O) groups is 1. The minimum Gasteiger partial charge on any atom is -0.444 e. The van der Waals surface area contributed by atoms with E-state index in [1.54, 1.807) is 17.8 Å². The SMILES string of the molecule is Cn1ccc2c(c1=O)CCCN2c1nn(C2CCCCO2)c2nc(N3CCC4(CC3)Cc3ccccc3[C@H]4NC(=O)OC(C)(C)C)c(Cl)nc12. The Labute approximate surface area is 296 Å². The zero-order chi connectivity index (χ0) is 34.8. The summed E-state index contributed by atoms with van der Waals surface area (Å²) in [6.07, 6.45) is 8.09. The standard InChI is InChI=1S/C37H45ClN8O4/c1-36(2,3)50-35(48)40-29-24-11-6-5-10-23(24)22-37(29)15-19-44(20-16-37)33-30(38)39-28-31(41-33)46(27-13-7-8-21-49-27)42-32(28)45-17-9-12-25-26(45)14-18-43(4)34(25)47/h5-6,10-11,14,18,27,29H,7-9,12-13,15-17,19-22H2,1-4H3,(H,40,48)/t27?,29-/m1/s1. The summed E-state index contributed by atoms with van der Waals surface area (Å²) >= 11 is 7.04. The van der Waals surface area contributed by atoms with Gasteiger partial charge in [-0.15, -0.1) is 5.10 Å². The Morgan fingerprint density at radius 3 is 2.62 bits per heavy atom. The van der Waals surface area contributed by atoms with Gasteiger partial charge >= 0.3 is 6.09 Å². The predicted octanol–water partition coefficient (Wildman–Crippen LogP) is 6.37. The highest BCUT2D eigenvalue weighted by atomic mass is 35.5. The number of ether oxygens (including phenoxy) is 2. The molecule has 8 rings (SSSR count). The third kappa shape index (κ3) is 5.79. The van der Waals surface area contributed by atoms with Gasteiger partial charge in [0.2, 0.25) is 0 Å². The van der Waals surface area contributed by atoms with Gasteiger partial charge in [0.1, 0.15) is 5.60 Å². The van der Waals surface area contributed by atoms with Gasteiger partial charge in [-0.3, -0.25) is 4.79 Å². The van der Waals surface area contributed by atoms with Crippen LogP contribution in [-0.4, -0.2) is 62.3 Å². The molecule has 2 saturated heterocycles. The molecule has 3 aromatic heterocycles. The number of halogens is 1. The summed E-state index contributed by atoms with van der Waals surface area (Å²) in [7, 11) is 1.78. The van der Waals surface area contributed by atoms with Crippen molar-refractivity contribution in [1.82, 2.24) is 29.6 Å². The first-order valence-corrected chi connectivity index (χ1v) is 18.2. The predicted molar refractivity (Wildman–Crippen MR) is 192 cm³/mol. The smallest absolute Gasteiger partial charge is 0.408 e. The average Bonchev–Trinajstić information content (AvgIpc) is 3.60. The van der Waals surface area contributed by atoms with Crippen LogP contribution in [0.25, 0.3) is 11.2 Å². The molecule has 2 fully saturated rings. The van der Waals surface area contributed by atoms with Gasteiger partial charge < -0.3 is 29.2 Å². The van der Waals surface area contributed by atoms with E-state index in [-0.39, 0.29) is 23.2 Å². The molecule has 1 amide bonds. The van der Waals surface area contributed by atoms with E-state index >= 15 is 0 Å². The van der Waals surface area contributed by atoms with Crippen LogP contribution in [0.5, 0.6) is 0 Å². The maximum absolute atomic E-state index is 13.1. The molecule has 0 saturated carbocycles. The molecule has 50 heavy (non-hydrogen) atoms. The highest BCUT2D eigenvalue weighted by Gasteiger charge is 2.49. The highest BCUT2D eigenvalue weighted by molar-refractivity contribution is 6.32. The van der Waals surface area contributed by atoms with E-state index < -0.39 is 11.7 Å². The van der Waals surface area contributed by atoms with E-state index in [0.717, 1.165) is 68.2 Å². The van der Waals surface area contributed by atoms with Crippen LogP contribution in [0.2, 0.25) is 5.15 Å². The van der Waals surface area contributed by atoms with E-state index in [4.69, 9.17) is 36.1 Å². The van der Waals surface area contributed by atoms with Gasteiger partial charge in [-0.25, -0.2) is 19.4 Å². The number of fused-ring (bicyclic) bond motifs is 3. The van der Waals surface area contributed by atoms with Crippen molar-refractivity contribution in [3.05, 3.63) is 68.7 Å². The maximum atomic E-state index is 13.1. The minimum absolute atomic E-state index is 0.00900. The second-order valence-corrected chi connectivity index (χ2v) is 15.6. The summed E-state index contributed by atoms with van der Waals surface area (Å²) in [4.78, 5) is 40.6. The van der Waals surface area contributed by atoms with Crippen molar-refractivity contribution in [1.29, 1.82) is 0 Å². The first kappa shape index (κ1) is 33.0. The number of amides is 1. The Hall–Kier alpha value is -4.16. The van der Waals surface area contributed by atoms with Gasteiger partial charge in [-0.1, -0.05) is 35.9 Å². The number of pyridine rings is 1. The molecule has 4 aliphatic rings. The van der Waals surface area contributed by atoms with E-state index in [1.807, 2.05) is 37.6 Å². The van der Waals surface area contributed by atoms with Gasteiger partial charge in [-0.2, -0.15) is 0 Å². The quantitative estimate of drug-likeness (QED) is 0.259. The van der Waals surface area contributed by atoms with Gasteiger partial charge in [0.15, 0.2) is 34.2 Å². The maximum Gasteiger partial charge on any atom is 0.408 e. The number of hydrogen-bond donors (Lipinski definition) is 1. The van der Waals surface area contributed by atoms with Crippen molar-refractivity contribution < 1.29 is 14.3 Å². The number of alkyl carbamates (subject to hydrolysis) is 1. The monoisotopic (exact) mass is 700 g/mol. The second kappa shape index (κ2) is 12.6. The van der Waals surface area contributed by atoms with E-state index in [1.165, 1.54) is 5.56 Å². The van der Waals surface area contributed by atoms with Gasteiger partial charge in [0.05, 0.1) is 11.7 Å². The fourth-order valence-electron chi connectivity index (χ4n) is 8.39. The lowest BCUT2D eigenvalue weighted by molar-refractivity contribution is -0.0368. The number of benzene rings is 1. The molecule has 4 aromatic rings. The molecule has 264 valence electrons. The van der Waals surface area contributed by atoms with Crippen LogP contribution in [0, 0.1) is 5.41 Å². The van der Waals surface area contributed by atoms with Crippen LogP contribution < -0.4 is 20.7 Å². The van der Waals surface area contributed by atoms with E-state index in [0.29, 0.717) is 54.2 Å². The largest absolute Gasteiger partial charge is 0.444 e. The summed E-state index contributed by atoms with van der Waals surface area (Å²) in [5, 5.41) is 8.68. The van der Waals surface area contributed by atoms with E-state index in [9.17, 15) is 9.59 Å². The minimum atomic E-state index is -0.587. The molecule has 6 heterocycles. The molecule has 1 unspecified atom stereocenters. The number of aromatic nitrogens is 5. The molecular formula is C37H45ClN8O4. The molecule has 1 aliphatic carbocycles. The molecule has 3 aliphatic heterocycles. The molecule has 12 nitrogen and oxygen atoms in total. The molecule has 1 aromatic carbocycles. The molecule has 0 bridgehead atoms. The van der Waals surface area contributed by atoms with Crippen LogP contribution >= 0.6 is 11.6 Å². The number of nitrogens with zero attached hydrogens (tertiary/aromatic N) is 7. The molecule has 1 N–H and O–H groups in total. The number of anilines is 3. The van der Waals surface area contributed by atoms with Crippen LogP contribution in [0.15, 0.2) is 41.3 Å². The number of carbonyl (C=O) groups excluding carboxylic acids is 1. The Balaban J connectivity index is 1.13. The first-order chi connectivity index (χ1) is 24.0. The third-order valence-corrected chi connectivity index (χ3v) is 11.1. The molecule has 0 radical (unpaired) electrons. The number of nitrogens with one attached hydrogen (secondary N) is 1. The normalized spacial score (nSPS) is 21.7. The Morgan fingerprint density at radius 1 is 1.06 bits per heavy atom. The second-order valence-electron chi connectivity index (χ2n) is 15.3. The van der Waals surface area contributed by atoms with Crippen LogP contribution in [-0.2, 0) is 29.4 Å². The van der Waals surface area contributed by atoms with Gasteiger partial charge in [0, 0.05) is 50.5 Å². The lowest BCUT2D eigenvalue weighted by Crippen LogP contribution is -2.48. The first-order valence-electron chi connectivity index (χ1n) is 17.9. The summed E-state index contributed by atoms with van der Waals surface area (Å²) in [6.45, 7) is 8.41. The molecule has 1 spiro atoms. The van der Waals surface area contributed by atoms with Crippen molar-refractivity contribution in [3.63, 3.8) is 0 Å². The van der Waals surface area contributed by atoms with E-state index in [2.05, 4.69) is 33.3 Å². The molecule has 13 heteroatoms. The molecule has 2 atom stereocenters. The van der Waals surface area contributed by atoms with Crippen LogP contribution in [0.1, 0.15) is 88.3 Å². The fraction of sp³-hybridized carbons (Fsp3) is 0.541. The number of rotatable bonds is 4. The Kier molecular flexibility index (Phi) is 8.29. The van der Waals surface area contributed by atoms with Gasteiger partial charge in [-0.05, 0) is 89.3 Å². The zero-order valence-corrected chi connectivity index (χ0v) is 30.0. The lowest BCUT2D eigenvalue weighted by Gasteiger charge is -2.44. The summed E-state index contributed by atoms with van der Waals surface area (Å²) < 4.78 is 15.4.